The number of hydrogen-bond donors (Lipinski definition) is 1. The van der Waals surface area contributed by atoms with Crippen LogP contribution in [0.4, 0.5) is 5.82 Å². The normalized spacial score (nSPS) is 9.93. The van der Waals surface area contributed by atoms with Gasteiger partial charge in [0.1, 0.15) is 5.82 Å². The van der Waals surface area contributed by atoms with Crippen LogP contribution >= 0.6 is 0 Å². The summed E-state index contributed by atoms with van der Waals surface area (Å²) >= 11 is 0. The standard InChI is InChI=1S/C12H13N3/c1-10-12(14-8-7-13-10)15-9-11-5-3-2-4-6-11/h2-8H,9H2,1H3,(H,14,15). The van der Waals surface area contributed by atoms with Gasteiger partial charge >= 0.3 is 0 Å². The van der Waals surface area contributed by atoms with E-state index in [1.54, 1.807) is 12.4 Å². The molecule has 0 amide bonds. The van der Waals surface area contributed by atoms with Crippen molar-refractivity contribution in [3.63, 3.8) is 0 Å². The highest BCUT2D eigenvalue weighted by molar-refractivity contribution is 5.39. The molecule has 1 aromatic heterocycles. The van der Waals surface area contributed by atoms with Crippen molar-refractivity contribution in [2.75, 3.05) is 5.32 Å². The van der Waals surface area contributed by atoms with Gasteiger partial charge in [0, 0.05) is 18.9 Å². The Morgan fingerprint density at radius 1 is 1.07 bits per heavy atom. The average molecular weight is 199 g/mol. The van der Waals surface area contributed by atoms with Crippen molar-refractivity contribution in [3.8, 4) is 0 Å². The van der Waals surface area contributed by atoms with Crippen molar-refractivity contribution >= 4 is 5.82 Å². The lowest BCUT2D eigenvalue weighted by Gasteiger charge is -2.06. The molecule has 1 N–H and O–H groups in total. The molecule has 2 aromatic rings. The Labute approximate surface area is 89.2 Å². The second kappa shape index (κ2) is 4.55. The van der Waals surface area contributed by atoms with Gasteiger partial charge < -0.3 is 5.32 Å². The van der Waals surface area contributed by atoms with Crippen LogP contribution in [0.2, 0.25) is 0 Å². The zero-order chi connectivity index (χ0) is 10.5. The summed E-state index contributed by atoms with van der Waals surface area (Å²) in [7, 11) is 0. The maximum Gasteiger partial charge on any atom is 0.147 e. The van der Waals surface area contributed by atoms with Crippen LogP contribution in [0.15, 0.2) is 42.7 Å². The molecule has 0 aliphatic rings. The van der Waals surface area contributed by atoms with Gasteiger partial charge in [-0.05, 0) is 12.5 Å². The summed E-state index contributed by atoms with van der Waals surface area (Å²) in [6.45, 7) is 2.72. The largest absolute Gasteiger partial charge is 0.364 e. The molecule has 2 rings (SSSR count). The van der Waals surface area contributed by atoms with Crippen molar-refractivity contribution < 1.29 is 0 Å². The number of aryl methyl sites for hydroxylation is 1. The van der Waals surface area contributed by atoms with Crippen molar-refractivity contribution in [1.82, 2.24) is 9.97 Å². The third-order valence-electron chi connectivity index (χ3n) is 2.18. The summed E-state index contributed by atoms with van der Waals surface area (Å²) in [4.78, 5) is 8.39. The van der Waals surface area contributed by atoms with Gasteiger partial charge in [-0.3, -0.25) is 4.98 Å². The SMILES string of the molecule is Cc1nccnc1NCc1ccccc1. The molecular weight excluding hydrogens is 186 g/mol. The molecule has 0 radical (unpaired) electrons. The quantitative estimate of drug-likeness (QED) is 0.824. The zero-order valence-electron chi connectivity index (χ0n) is 8.64. The Hall–Kier alpha value is -1.90. The van der Waals surface area contributed by atoms with Crippen LogP contribution < -0.4 is 5.32 Å². The van der Waals surface area contributed by atoms with Gasteiger partial charge in [-0.25, -0.2) is 4.98 Å². The molecule has 3 nitrogen and oxygen atoms in total. The maximum absolute atomic E-state index is 4.22. The summed E-state index contributed by atoms with van der Waals surface area (Å²) in [6.07, 6.45) is 3.39. The summed E-state index contributed by atoms with van der Waals surface area (Å²) in [6, 6.07) is 10.2. The molecule has 15 heavy (non-hydrogen) atoms. The molecule has 0 aliphatic heterocycles. The minimum absolute atomic E-state index is 0.778. The Balaban J connectivity index is 2.03. The monoisotopic (exact) mass is 199 g/mol. The smallest absolute Gasteiger partial charge is 0.147 e. The summed E-state index contributed by atoms with van der Waals surface area (Å²) in [5.41, 5.74) is 2.16. The van der Waals surface area contributed by atoms with Gasteiger partial charge in [0.15, 0.2) is 0 Å². The third kappa shape index (κ3) is 2.53. The summed E-state index contributed by atoms with van der Waals surface area (Å²) < 4.78 is 0. The van der Waals surface area contributed by atoms with Crippen molar-refractivity contribution in [1.29, 1.82) is 0 Å². The van der Waals surface area contributed by atoms with E-state index in [0.29, 0.717) is 0 Å². The van der Waals surface area contributed by atoms with Crippen molar-refractivity contribution in [2.24, 2.45) is 0 Å². The van der Waals surface area contributed by atoms with Crippen LogP contribution in [0.3, 0.4) is 0 Å². The van der Waals surface area contributed by atoms with Crippen LogP contribution in [0.1, 0.15) is 11.3 Å². The van der Waals surface area contributed by atoms with Crippen LogP contribution in [-0.4, -0.2) is 9.97 Å². The van der Waals surface area contributed by atoms with Gasteiger partial charge in [-0.1, -0.05) is 30.3 Å². The number of rotatable bonds is 3. The first-order valence-corrected chi connectivity index (χ1v) is 4.91. The Morgan fingerprint density at radius 2 is 1.80 bits per heavy atom. The molecule has 0 unspecified atom stereocenters. The summed E-state index contributed by atoms with van der Waals surface area (Å²) in [5, 5.41) is 3.26. The second-order valence-electron chi connectivity index (χ2n) is 3.33. The molecule has 0 spiro atoms. The predicted molar refractivity (Wildman–Crippen MR) is 60.5 cm³/mol. The number of nitrogens with zero attached hydrogens (tertiary/aromatic N) is 2. The van der Waals surface area contributed by atoms with E-state index in [0.717, 1.165) is 18.1 Å². The second-order valence-corrected chi connectivity index (χ2v) is 3.33. The zero-order valence-corrected chi connectivity index (χ0v) is 8.64. The number of nitrogens with one attached hydrogen (secondary N) is 1. The fourth-order valence-electron chi connectivity index (χ4n) is 1.36. The molecule has 0 fully saturated rings. The number of anilines is 1. The van der Waals surface area contributed by atoms with Crippen molar-refractivity contribution in [2.45, 2.75) is 13.5 Å². The van der Waals surface area contributed by atoms with Gasteiger partial charge in [-0.15, -0.1) is 0 Å². The lowest BCUT2D eigenvalue weighted by molar-refractivity contribution is 1.05. The lowest BCUT2D eigenvalue weighted by Crippen LogP contribution is -2.03. The first-order chi connectivity index (χ1) is 7.36. The highest BCUT2D eigenvalue weighted by Crippen LogP contribution is 2.08. The van der Waals surface area contributed by atoms with E-state index < -0.39 is 0 Å². The molecular formula is C12H13N3. The minimum atomic E-state index is 0.778. The highest BCUT2D eigenvalue weighted by atomic mass is 15.0. The highest BCUT2D eigenvalue weighted by Gasteiger charge is 1.98. The van der Waals surface area contributed by atoms with E-state index in [2.05, 4.69) is 27.4 Å². The average Bonchev–Trinajstić information content (AvgIpc) is 2.29. The molecule has 0 bridgehead atoms. The van der Waals surface area contributed by atoms with Crippen LogP contribution in [0.25, 0.3) is 0 Å². The molecule has 1 heterocycles. The summed E-state index contributed by atoms with van der Waals surface area (Å²) in [5.74, 6) is 0.848. The Kier molecular flexibility index (Phi) is 2.93. The molecule has 76 valence electrons. The van der Waals surface area contributed by atoms with E-state index in [1.807, 2.05) is 25.1 Å². The van der Waals surface area contributed by atoms with E-state index >= 15 is 0 Å². The number of aromatic nitrogens is 2. The predicted octanol–water partition coefficient (Wildman–Crippen LogP) is 2.40. The van der Waals surface area contributed by atoms with Crippen LogP contribution in [0, 0.1) is 6.92 Å². The minimum Gasteiger partial charge on any atom is -0.364 e. The van der Waals surface area contributed by atoms with Gasteiger partial charge in [-0.2, -0.15) is 0 Å². The fraction of sp³-hybridized carbons (Fsp3) is 0.167. The van der Waals surface area contributed by atoms with Crippen molar-refractivity contribution in [3.05, 3.63) is 54.0 Å². The van der Waals surface area contributed by atoms with Gasteiger partial charge in [0.2, 0.25) is 0 Å². The van der Waals surface area contributed by atoms with E-state index in [9.17, 15) is 0 Å². The first-order valence-electron chi connectivity index (χ1n) is 4.91. The van der Waals surface area contributed by atoms with E-state index in [1.165, 1.54) is 5.56 Å². The Morgan fingerprint density at radius 3 is 2.53 bits per heavy atom. The topological polar surface area (TPSA) is 37.8 Å². The number of hydrogen-bond acceptors (Lipinski definition) is 3. The molecule has 0 saturated heterocycles. The maximum atomic E-state index is 4.22. The first kappa shape index (κ1) is 9.65. The number of benzene rings is 1. The molecule has 1 aromatic carbocycles. The van der Waals surface area contributed by atoms with Gasteiger partial charge in [0.25, 0.3) is 0 Å². The van der Waals surface area contributed by atoms with E-state index in [4.69, 9.17) is 0 Å². The van der Waals surface area contributed by atoms with Crippen LogP contribution in [0.5, 0.6) is 0 Å². The molecule has 0 atom stereocenters. The molecule has 3 heteroatoms. The molecule has 0 aliphatic carbocycles. The van der Waals surface area contributed by atoms with Crippen LogP contribution in [-0.2, 0) is 6.54 Å². The fourth-order valence-corrected chi connectivity index (χ4v) is 1.36. The molecule has 0 saturated carbocycles. The third-order valence-corrected chi connectivity index (χ3v) is 2.18. The van der Waals surface area contributed by atoms with E-state index in [-0.39, 0.29) is 0 Å². The van der Waals surface area contributed by atoms with Gasteiger partial charge in [0.05, 0.1) is 5.69 Å². The lowest BCUT2D eigenvalue weighted by atomic mass is 10.2. The Bertz CT molecular complexity index is 426.